The monoisotopic (exact) mass is 580 g/mol. The number of nitrogens with one attached hydrogen (secondary N) is 2. The molecule has 0 aliphatic rings. The zero-order valence-electron chi connectivity index (χ0n) is 23.9. The number of nitrogen functional groups attached to an aromatic ring is 1. The first-order chi connectivity index (χ1) is 20.5. The van der Waals surface area contributed by atoms with Crippen molar-refractivity contribution in [1.82, 2.24) is 23.7 Å². The van der Waals surface area contributed by atoms with E-state index in [1.165, 1.54) is 35.3 Å². The molecule has 0 spiro atoms. The molecule has 12 heteroatoms. The van der Waals surface area contributed by atoms with Crippen molar-refractivity contribution >= 4 is 34.2 Å². The van der Waals surface area contributed by atoms with E-state index in [0.717, 1.165) is 21.8 Å². The zero-order valence-corrected chi connectivity index (χ0v) is 23.9. The number of aromatic nitrogens is 5. The molecule has 0 atom stereocenters. The number of nitrogens with two attached hydrogens (primary N) is 1. The second-order valence-electron chi connectivity index (χ2n) is 10.2. The average Bonchev–Trinajstić information content (AvgIpc) is 3.34. The minimum Gasteiger partial charge on any atom is -0.382 e. The Morgan fingerprint density at radius 2 is 1.84 bits per heavy atom. The van der Waals surface area contributed by atoms with Crippen LogP contribution in [0.1, 0.15) is 49.8 Å². The minimum atomic E-state index is -0.869. The quantitative estimate of drug-likeness (QED) is 0.237. The average molecular weight is 581 g/mol. The topological polar surface area (TPSA) is 153 Å². The van der Waals surface area contributed by atoms with Crippen LogP contribution in [0.25, 0.3) is 27.9 Å². The first-order valence-electron chi connectivity index (χ1n) is 13.4. The molecule has 3 heterocycles. The summed E-state index contributed by atoms with van der Waals surface area (Å²) in [5, 5.41) is 15.2. The smallest absolute Gasteiger partial charge is 0.335 e. The minimum absolute atomic E-state index is 0.0186. The van der Waals surface area contributed by atoms with Gasteiger partial charge in [-0.2, -0.15) is 5.10 Å². The van der Waals surface area contributed by atoms with Crippen molar-refractivity contribution in [2.24, 2.45) is 0 Å². The Bertz CT molecular complexity index is 2050. The number of allylic oxidation sites excluding steroid dienone is 2. The molecule has 0 aliphatic heterocycles. The lowest BCUT2D eigenvalue weighted by atomic mass is 10.0. The number of hydrogen-bond acceptors (Lipinski definition) is 7. The third-order valence-electron chi connectivity index (χ3n) is 6.99. The molecule has 43 heavy (non-hydrogen) atoms. The van der Waals surface area contributed by atoms with Crippen LogP contribution in [-0.4, -0.2) is 35.4 Å². The number of rotatable bonds is 7. The predicted octanol–water partition coefficient (Wildman–Crippen LogP) is 4.71. The summed E-state index contributed by atoms with van der Waals surface area (Å²) in [6.07, 6.45) is 4.40. The second-order valence-corrected chi connectivity index (χ2v) is 10.2. The first-order valence-corrected chi connectivity index (χ1v) is 13.4. The Morgan fingerprint density at radius 1 is 1.12 bits per heavy atom. The summed E-state index contributed by atoms with van der Waals surface area (Å²) in [5.74, 6) is -1.09. The van der Waals surface area contributed by atoms with Crippen LogP contribution in [-0.2, 0) is 0 Å². The maximum absolute atomic E-state index is 13.9. The van der Waals surface area contributed by atoms with Crippen molar-refractivity contribution in [3.63, 3.8) is 0 Å². The Labute approximate surface area is 245 Å². The number of anilines is 2. The van der Waals surface area contributed by atoms with Gasteiger partial charge in [-0.3, -0.25) is 14.2 Å². The molecule has 0 fully saturated rings. The molecule has 11 nitrogen and oxygen atoms in total. The highest BCUT2D eigenvalue weighted by atomic mass is 19.1. The van der Waals surface area contributed by atoms with Crippen LogP contribution < -0.4 is 22.3 Å². The molecular weight excluding hydrogens is 551 g/mol. The van der Waals surface area contributed by atoms with Crippen LogP contribution in [0.2, 0.25) is 0 Å². The van der Waals surface area contributed by atoms with Gasteiger partial charge in [0.05, 0.1) is 11.4 Å². The number of fused-ring (bicyclic) bond motifs is 1. The van der Waals surface area contributed by atoms with Crippen molar-refractivity contribution in [2.45, 2.75) is 33.7 Å². The van der Waals surface area contributed by atoms with Crippen molar-refractivity contribution < 1.29 is 9.18 Å². The highest BCUT2D eigenvalue weighted by Gasteiger charge is 2.21. The maximum Gasteiger partial charge on any atom is 0.335 e. The van der Waals surface area contributed by atoms with E-state index in [2.05, 4.69) is 15.4 Å². The highest BCUT2D eigenvalue weighted by molar-refractivity contribution is 6.21. The van der Waals surface area contributed by atoms with E-state index in [0.29, 0.717) is 28.2 Å². The van der Waals surface area contributed by atoms with E-state index >= 15 is 0 Å². The molecule has 5 rings (SSSR count). The highest BCUT2D eigenvalue weighted by Crippen LogP contribution is 2.33. The standard InChI is InChI=1S/C31H29FN8O3/c1-5-23(18(4)33)26-14-24(27-28(34)35-16-36-40(26)27)19-9-11-21(12-10-19)37-29(41)25-15-38(17(2)3)31(43)39(30(25)42)22-8-6-7-20(32)13-22/h5-17,33H,1-4H3,(H,37,41)(H2,34,35,36)/b23-5-,33-18?. The van der Waals surface area contributed by atoms with Crippen molar-refractivity contribution in [2.75, 3.05) is 11.1 Å². The molecular formula is C31H29FN8O3. The zero-order chi connectivity index (χ0) is 31.0. The van der Waals surface area contributed by atoms with Crippen molar-refractivity contribution in [1.29, 1.82) is 5.41 Å². The second kappa shape index (κ2) is 11.3. The third kappa shape index (κ3) is 5.25. The van der Waals surface area contributed by atoms with Gasteiger partial charge in [-0.05, 0) is 69.7 Å². The van der Waals surface area contributed by atoms with E-state index in [9.17, 15) is 18.8 Å². The molecule has 0 unspecified atom stereocenters. The SMILES string of the molecule is C/C=C(/C(C)=N)c1cc(-c2ccc(NC(=O)c3cn(C(C)C)c(=O)n(-c4cccc(F)c4)c3=O)cc2)c2c(N)ncnn12. The van der Waals surface area contributed by atoms with Gasteiger partial charge in [-0.1, -0.05) is 24.3 Å². The van der Waals surface area contributed by atoms with Gasteiger partial charge in [0.15, 0.2) is 5.82 Å². The summed E-state index contributed by atoms with van der Waals surface area (Å²) in [6.45, 7) is 7.00. The molecule has 1 amide bonds. The van der Waals surface area contributed by atoms with Gasteiger partial charge in [0.2, 0.25) is 0 Å². The molecule has 0 aliphatic carbocycles. The fourth-order valence-corrected chi connectivity index (χ4v) is 4.91. The van der Waals surface area contributed by atoms with E-state index in [4.69, 9.17) is 11.1 Å². The predicted molar refractivity (Wildman–Crippen MR) is 164 cm³/mol. The largest absolute Gasteiger partial charge is 0.382 e. The van der Waals surface area contributed by atoms with Crippen molar-refractivity contribution in [3.05, 3.63) is 111 Å². The molecule has 3 aromatic heterocycles. The lowest BCUT2D eigenvalue weighted by Gasteiger charge is -2.15. The van der Waals surface area contributed by atoms with E-state index < -0.39 is 23.0 Å². The number of nitrogens with zero attached hydrogens (tertiary/aromatic N) is 5. The Hall–Kier alpha value is -5.65. The Balaban J connectivity index is 1.52. The van der Waals surface area contributed by atoms with Crippen LogP contribution in [0.4, 0.5) is 15.9 Å². The lowest BCUT2D eigenvalue weighted by Crippen LogP contribution is -2.42. The lowest BCUT2D eigenvalue weighted by molar-refractivity contribution is 0.102. The molecule has 0 radical (unpaired) electrons. The number of carbonyl (C=O) groups excluding carboxylic acids is 1. The number of carbonyl (C=O) groups is 1. The Kier molecular flexibility index (Phi) is 7.60. The van der Waals surface area contributed by atoms with E-state index in [1.807, 2.05) is 19.1 Å². The summed E-state index contributed by atoms with van der Waals surface area (Å²) in [7, 11) is 0. The summed E-state index contributed by atoms with van der Waals surface area (Å²) < 4.78 is 17.6. The molecule has 218 valence electrons. The third-order valence-corrected chi connectivity index (χ3v) is 6.99. The number of benzene rings is 2. The fraction of sp³-hybridized carbons (Fsp3) is 0.161. The van der Waals surface area contributed by atoms with Crippen LogP contribution in [0.15, 0.2) is 82.8 Å². The van der Waals surface area contributed by atoms with Gasteiger partial charge < -0.3 is 16.5 Å². The molecule has 4 N–H and O–H groups in total. The molecule has 0 saturated heterocycles. The van der Waals surface area contributed by atoms with E-state index in [-0.39, 0.29) is 23.1 Å². The summed E-state index contributed by atoms with van der Waals surface area (Å²) >= 11 is 0. The summed E-state index contributed by atoms with van der Waals surface area (Å²) in [6, 6.07) is 13.4. The molecule has 2 aromatic carbocycles. The van der Waals surface area contributed by atoms with Crippen LogP contribution >= 0.6 is 0 Å². The first kappa shape index (κ1) is 28.9. The van der Waals surface area contributed by atoms with Gasteiger partial charge >= 0.3 is 5.69 Å². The Morgan fingerprint density at radius 3 is 2.47 bits per heavy atom. The van der Waals surface area contributed by atoms with Gasteiger partial charge in [0.1, 0.15) is 23.2 Å². The molecule has 0 saturated carbocycles. The maximum atomic E-state index is 13.9. The number of amides is 1. The van der Waals surface area contributed by atoms with Gasteiger partial charge in [-0.25, -0.2) is 23.3 Å². The van der Waals surface area contributed by atoms with Crippen LogP contribution in [0.3, 0.4) is 0 Å². The summed E-state index contributed by atoms with van der Waals surface area (Å²) in [5.41, 5.74) is 8.59. The van der Waals surface area contributed by atoms with Crippen LogP contribution in [0.5, 0.6) is 0 Å². The molecule has 5 aromatic rings. The van der Waals surface area contributed by atoms with E-state index in [1.54, 1.807) is 49.6 Å². The normalized spacial score (nSPS) is 11.7. The number of halogens is 1. The van der Waals surface area contributed by atoms with Gasteiger partial charge in [-0.15, -0.1) is 0 Å². The summed E-state index contributed by atoms with van der Waals surface area (Å²) in [4.78, 5) is 43.9. The molecule has 0 bridgehead atoms. The van der Waals surface area contributed by atoms with Crippen molar-refractivity contribution in [3.8, 4) is 16.8 Å². The number of hydrogen-bond donors (Lipinski definition) is 3. The van der Waals surface area contributed by atoms with Gasteiger partial charge in [0, 0.05) is 34.8 Å². The van der Waals surface area contributed by atoms with Crippen LogP contribution in [0, 0.1) is 11.2 Å². The fourth-order valence-electron chi connectivity index (χ4n) is 4.91. The van der Waals surface area contributed by atoms with Gasteiger partial charge in [0.25, 0.3) is 11.5 Å².